The molecule has 0 saturated carbocycles. The van der Waals surface area contributed by atoms with E-state index in [1.165, 1.54) is 56.0 Å². The number of carbonyl (C=O) groups is 2. The van der Waals surface area contributed by atoms with E-state index in [4.69, 9.17) is 30.5 Å². The summed E-state index contributed by atoms with van der Waals surface area (Å²) in [7, 11) is 0.437. The number of benzene rings is 2. The molecule has 0 radical (unpaired) electrons. The van der Waals surface area contributed by atoms with Crippen LogP contribution in [0.15, 0.2) is 35.2 Å². The molecule has 0 spiro atoms. The monoisotopic (exact) mass is 497 g/mol. The van der Waals surface area contributed by atoms with Crippen LogP contribution in [-0.4, -0.2) is 65.5 Å². The van der Waals surface area contributed by atoms with Gasteiger partial charge in [0.25, 0.3) is 0 Å². The van der Waals surface area contributed by atoms with Crippen molar-refractivity contribution >= 4 is 33.4 Å². The molecule has 2 aromatic rings. The first kappa shape index (κ1) is 24.8. The number of hydrogen-bond donors (Lipinski definition) is 0. The molecule has 33 heavy (non-hydrogen) atoms. The van der Waals surface area contributed by atoms with Gasteiger partial charge in [0.05, 0.1) is 31.9 Å². The molecule has 1 aliphatic rings. The standard InChI is InChI=1S/C22H24ClNO8S/c1-29-18-10-15(11-19(30-2)21(18)31-3)17(25)13-32-22(26)14-6-7-16(23)20(12-14)33(27,28)24-8-4-5-9-24/h6-7,10-12H,4-5,8-9,13H2,1-3H3. The maximum Gasteiger partial charge on any atom is 0.338 e. The van der Waals surface area contributed by atoms with Gasteiger partial charge in [0, 0.05) is 18.7 Å². The van der Waals surface area contributed by atoms with Crippen molar-refractivity contribution in [3.05, 3.63) is 46.5 Å². The van der Waals surface area contributed by atoms with Gasteiger partial charge in [-0.2, -0.15) is 4.31 Å². The smallest absolute Gasteiger partial charge is 0.338 e. The maximum atomic E-state index is 12.9. The molecule has 1 saturated heterocycles. The lowest BCUT2D eigenvalue weighted by Gasteiger charge is -2.17. The molecule has 0 unspecified atom stereocenters. The lowest BCUT2D eigenvalue weighted by Crippen LogP contribution is -2.28. The third-order valence-electron chi connectivity index (χ3n) is 5.17. The third kappa shape index (κ3) is 5.23. The summed E-state index contributed by atoms with van der Waals surface area (Å²) < 4.78 is 47.8. The molecular weight excluding hydrogens is 474 g/mol. The summed E-state index contributed by atoms with van der Waals surface area (Å²) in [5.41, 5.74) is 0.153. The average Bonchev–Trinajstić information content (AvgIpc) is 3.37. The van der Waals surface area contributed by atoms with Crippen molar-refractivity contribution in [1.29, 1.82) is 0 Å². The van der Waals surface area contributed by atoms with Crippen LogP contribution in [0.5, 0.6) is 17.2 Å². The second kappa shape index (κ2) is 10.4. The van der Waals surface area contributed by atoms with Crippen molar-refractivity contribution in [1.82, 2.24) is 4.31 Å². The minimum Gasteiger partial charge on any atom is -0.493 e. The Morgan fingerprint density at radius 1 is 0.939 bits per heavy atom. The Kier molecular flexibility index (Phi) is 7.83. The average molecular weight is 498 g/mol. The van der Waals surface area contributed by atoms with Crippen LogP contribution >= 0.6 is 11.6 Å². The van der Waals surface area contributed by atoms with E-state index in [2.05, 4.69) is 0 Å². The summed E-state index contributed by atoms with van der Waals surface area (Å²) in [4.78, 5) is 25.0. The van der Waals surface area contributed by atoms with Crippen molar-refractivity contribution in [3.63, 3.8) is 0 Å². The molecule has 1 heterocycles. The van der Waals surface area contributed by atoms with E-state index in [1.54, 1.807) is 0 Å². The lowest BCUT2D eigenvalue weighted by atomic mass is 10.1. The number of halogens is 1. The molecule has 0 amide bonds. The Hall–Kier alpha value is -2.82. The Morgan fingerprint density at radius 3 is 2.09 bits per heavy atom. The zero-order valence-corrected chi connectivity index (χ0v) is 20.0. The van der Waals surface area contributed by atoms with Gasteiger partial charge in [-0.3, -0.25) is 4.79 Å². The fraction of sp³-hybridized carbons (Fsp3) is 0.364. The van der Waals surface area contributed by atoms with Gasteiger partial charge in [0.2, 0.25) is 21.6 Å². The SMILES string of the molecule is COc1cc(C(=O)COC(=O)c2ccc(Cl)c(S(=O)(=O)N3CCCC3)c2)cc(OC)c1OC. The van der Waals surface area contributed by atoms with Gasteiger partial charge in [-0.05, 0) is 43.2 Å². The predicted molar refractivity (Wildman–Crippen MR) is 120 cm³/mol. The molecule has 178 valence electrons. The molecule has 11 heteroatoms. The number of hydrogen-bond acceptors (Lipinski definition) is 8. The zero-order valence-electron chi connectivity index (χ0n) is 18.4. The highest BCUT2D eigenvalue weighted by molar-refractivity contribution is 7.89. The first-order valence-electron chi connectivity index (χ1n) is 10.0. The van der Waals surface area contributed by atoms with Crippen molar-refractivity contribution in [2.45, 2.75) is 17.7 Å². The van der Waals surface area contributed by atoms with E-state index in [-0.39, 0.29) is 32.5 Å². The highest BCUT2D eigenvalue weighted by atomic mass is 35.5. The largest absolute Gasteiger partial charge is 0.493 e. The van der Waals surface area contributed by atoms with E-state index in [0.717, 1.165) is 12.8 Å². The summed E-state index contributed by atoms with van der Waals surface area (Å²) in [6.45, 7) is 0.224. The van der Waals surface area contributed by atoms with E-state index in [9.17, 15) is 18.0 Å². The highest BCUT2D eigenvalue weighted by Crippen LogP contribution is 2.38. The van der Waals surface area contributed by atoms with Crippen LogP contribution in [0.3, 0.4) is 0 Å². The Bertz CT molecular complexity index is 1130. The van der Waals surface area contributed by atoms with Crippen molar-refractivity contribution in [3.8, 4) is 17.2 Å². The number of carbonyl (C=O) groups excluding carboxylic acids is 2. The van der Waals surface area contributed by atoms with Gasteiger partial charge in [0.15, 0.2) is 18.1 Å². The minimum atomic E-state index is -3.83. The summed E-state index contributed by atoms with van der Waals surface area (Å²) in [5, 5.41) is 0.00643. The molecular formula is C22H24ClNO8S. The van der Waals surface area contributed by atoms with Gasteiger partial charge in [-0.15, -0.1) is 0 Å². The maximum absolute atomic E-state index is 12.9. The molecule has 3 rings (SSSR count). The topological polar surface area (TPSA) is 108 Å². The minimum absolute atomic E-state index is 0.00643. The summed E-state index contributed by atoms with van der Waals surface area (Å²) in [6, 6.07) is 6.73. The van der Waals surface area contributed by atoms with Gasteiger partial charge in [-0.1, -0.05) is 11.6 Å². The van der Waals surface area contributed by atoms with Crippen LogP contribution in [0.2, 0.25) is 5.02 Å². The van der Waals surface area contributed by atoms with Crippen molar-refractivity contribution in [2.24, 2.45) is 0 Å². The van der Waals surface area contributed by atoms with E-state index < -0.39 is 28.4 Å². The number of rotatable bonds is 9. The number of ketones is 1. The summed E-state index contributed by atoms with van der Waals surface area (Å²) in [6.07, 6.45) is 1.53. The van der Waals surface area contributed by atoms with Gasteiger partial charge in [-0.25, -0.2) is 13.2 Å². The quantitative estimate of drug-likeness (QED) is 0.384. The van der Waals surface area contributed by atoms with Gasteiger partial charge < -0.3 is 18.9 Å². The van der Waals surface area contributed by atoms with Crippen LogP contribution in [0.4, 0.5) is 0 Å². The van der Waals surface area contributed by atoms with Crippen LogP contribution in [0.1, 0.15) is 33.6 Å². The van der Waals surface area contributed by atoms with Gasteiger partial charge >= 0.3 is 5.97 Å². The summed E-state index contributed by atoms with van der Waals surface area (Å²) >= 11 is 6.11. The van der Waals surface area contributed by atoms with Crippen molar-refractivity contribution < 1.29 is 37.0 Å². The number of esters is 1. The van der Waals surface area contributed by atoms with E-state index in [1.807, 2.05) is 0 Å². The second-order valence-electron chi connectivity index (χ2n) is 7.17. The second-order valence-corrected chi connectivity index (χ2v) is 9.48. The highest BCUT2D eigenvalue weighted by Gasteiger charge is 2.30. The molecule has 0 atom stereocenters. The number of sulfonamides is 1. The molecule has 1 aliphatic heterocycles. The molecule has 1 fully saturated rings. The first-order chi connectivity index (χ1) is 15.7. The molecule has 9 nitrogen and oxygen atoms in total. The number of ether oxygens (including phenoxy) is 4. The molecule has 0 aliphatic carbocycles. The molecule has 0 aromatic heterocycles. The normalized spacial score (nSPS) is 14.1. The lowest BCUT2D eigenvalue weighted by molar-refractivity contribution is 0.0474. The first-order valence-corrected chi connectivity index (χ1v) is 11.8. The van der Waals surface area contributed by atoms with Crippen LogP contribution in [0, 0.1) is 0 Å². The zero-order chi connectivity index (χ0) is 24.2. The van der Waals surface area contributed by atoms with Crippen LogP contribution in [0.25, 0.3) is 0 Å². The predicted octanol–water partition coefficient (Wildman–Crippen LogP) is 3.19. The Labute approximate surface area is 197 Å². The van der Waals surface area contributed by atoms with E-state index in [0.29, 0.717) is 18.8 Å². The fourth-order valence-electron chi connectivity index (χ4n) is 3.44. The number of nitrogens with zero attached hydrogens (tertiary/aromatic N) is 1. The third-order valence-corrected chi connectivity index (χ3v) is 7.55. The number of methoxy groups -OCH3 is 3. The number of Topliss-reactive ketones (excluding diaryl/α,β-unsaturated/α-hetero) is 1. The Balaban J connectivity index is 1.77. The van der Waals surface area contributed by atoms with Crippen molar-refractivity contribution in [2.75, 3.05) is 41.0 Å². The molecule has 0 N–H and O–H groups in total. The molecule has 0 bridgehead atoms. The van der Waals surface area contributed by atoms with Crippen LogP contribution in [-0.2, 0) is 14.8 Å². The summed E-state index contributed by atoms with van der Waals surface area (Å²) in [5.74, 6) is -0.491. The molecule has 2 aromatic carbocycles. The fourth-order valence-corrected chi connectivity index (χ4v) is 5.45. The van der Waals surface area contributed by atoms with Gasteiger partial charge in [0.1, 0.15) is 4.90 Å². The Morgan fingerprint density at radius 2 is 1.55 bits per heavy atom. The van der Waals surface area contributed by atoms with E-state index >= 15 is 0 Å². The van der Waals surface area contributed by atoms with Crippen LogP contribution < -0.4 is 14.2 Å².